The lowest BCUT2D eigenvalue weighted by atomic mass is 9.76. The Morgan fingerprint density at radius 3 is 2.12 bits per heavy atom. The van der Waals surface area contributed by atoms with Crippen LogP contribution in [0.5, 0.6) is 0 Å². The molecule has 0 aromatic heterocycles. The number of rotatable bonds is 4. The largest absolute Gasteiger partial charge is 0.0843 e. The van der Waals surface area contributed by atoms with E-state index < -0.39 is 0 Å². The molecule has 0 fully saturated rings. The van der Waals surface area contributed by atoms with E-state index in [2.05, 4.69) is 78.8 Å². The summed E-state index contributed by atoms with van der Waals surface area (Å²) in [6.07, 6.45) is 2.23. The van der Waals surface area contributed by atoms with Crippen molar-refractivity contribution in [2.24, 2.45) is 0 Å². The van der Waals surface area contributed by atoms with Gasteiger partial charge in [0.05, 0.1) is 0 Å². The second-order valence-electron chi connectivity index (χ2n) is 8.68. The van der Waals surface area contributed by atoms with Crippen LogP contribution in [-0.4, -0.2) is 0 Å². The zero-order valence-corrected chi connectivity index (χ0v) is 17.0. The van der Waals surface area contributed by atoms with E-state index in [4.69, 9.17) is 11.6 Å². The molecule has 0 spiro atoms. The van der Waals surface area contributed by atoms with Gasteiger partial charge in [-0.2, -0.15) is 0 Å². The first kappa shape index (κ1) is 19.1. The topological polar surface area (TPSA) is 0 Å². The highest BCUT2D eigenvalue weighted by Gasteiger charge is 2.24. The second-order valence-corrected chi connectivity index (χ2v) is 9.12. The fraction of sp³-hybridized carbons (Fsp3) is 0.478. The van der Waals surface area contributed by atoms with Crippen LogP contribution in [-0.2, 0) is 17.3 Å². The summed E-state index contributed by atoms with van der Waals surface area (Å²) >= 11 is 6.12. The fourth-order valence-electron chi connectivity index (χ4n) is 3.74. The highest BCUT2D eigenvalue weighted by atomic mass is 35.5. The number of benzene rings is 2. The van der Waals surface area contributed by atoms with Gasteiger partial charge in [0.15, 0.2) is 0 Å². The first-order valence-electron chi connectivity index (χ1n) is 8.88. The molecular formula is C23H31Cl. The molecule has 0 aliphatic heterocycles. The molecule has 24 heavy (non-hydrogen) atoms. The zero-order valence-electron chi connectivity index (χ0n) is 16.3. The number of aryl methyl sites for hydroxylation is 2. The van der Waals surface area contributed by atoms with Crippen LogP contribution in [0.3, 0.4) is 0 Å². The van der Waals surface area contributed by atoms with Crippen molar-refractivity contribution in [3.05, 3.63) is 69.2 Å². The van der Waals surface area contributed by atoms with Crippen molar-refractivity contribution < 1.29 is 0 Å². The Kier molecular flexibility index (Phi) is 5.50. The third-order valence-electron chi connectivity index (χ3n) is 5.19. The number of halogens is 1. The predicted octanol–water partition coefficient (Wildman–Crippen LogP) is 7.16. The summed E-state index contributed by atoms with van der Waals surface area (Å²) in [5.74, 6) is 0. The molecule has 1 heteroatoms. The van der Waals surface area contributed by atoms with Crippen LogP contribution >= 0.6 is 11.6 Å². The summed E-state index contributed by atoms with van der Waals surface area (Å²) < 4.78 is 0. The maximum Gasteiger partial charge on any atom is 0.0408 e. The van der Waals surface area contributed by atoms with E-state index in [-0.39, 0.29) is 10.8 Å². The Hall–Kier alpha value is -1.27. The van der Waals surface area contributed by atoms with E-state index in [0.29, 0.717) is 0 Å². The van der Waals surface area contributed by atoms with Crippen molar-refractivity contribution in [1.82, 2.24) is 0 Å². The molecule has 2 aromatic carbocycles. The van der Waals surface area contributed by atoms with Gasteiger partial charge in [0.1, 0.15) is 0 Å². The van der Waals surface area contributed by atoms with Gasteiger partial charge in [-0.25, -0.2) is 0 Å². The third-order valence-corrected chi connectivity index (χ3v) is 5.43. The van der Waals surface area contributed by atoms with Gasteiger partial charge in [0.25, 0.3) is 0 Å². The minimum Gasteiger partial charge on any atom is -0.0843 e. The molecule has 0 atom stereocenters. The number of hydrogen-bond donors (Lipinski definition) is 0. The van der Waals surface area contributed by atoms with E-state index in [1.807, 2.05) is 6.07 Å². The van der Waals surface area contributed by atoms with E-state index in [1.165, 1.54) is 27.8 Å². The smallest absolute Gasteiger partial charge is 0.0408 e. The molecule has 0 heterocycles. The van der Waals surface area contributed by atoms with Gasteiger partial charge in [-0.3, -0.25) is 0 Å². The minimum absolute atomic E-state index is 0.138. The monoisotopic (exact) mass is 342 g/mol. The molecule has 0 amide bonds. The highest BCUT2D eigenvalue weighted by molar-refractivity contribution is 6.30. The van der Waals surface area contributed by atoms with Gasteiger partial charge in [-0.1, -0.05) is 70.5 Å². The Bertz CT molecular complexity index is 717. The van der Waals surface area contributed by atoms with Crippen LogP contribution in [0, 0.1) is 13.8 Å². The quantitative estimate of drug-likeness (QED) is 0.552. The van der Waals surface area contributed by atoms with Crippen molar-refractivity contribution in [2.75, 3.05) is 0 Å². The summed E-state index contributed by atoms with van der Waals surface area (Å²) in [4.78, 5) is 0. The van der Waals surface area contributed by atoms with Crippen LogP contribution in [0.25, 0.3) is 0 Å². The lowest BCUT2D eigenvalue weighted by Gasteiger charge is -2.29. The molecule has 0 saturated heterocycles. The van der Waals surface area contributed by atoms with Gasteiger partial charge >= 0.3 is 0 Å². The lowest BCUT2D eigenvalue weighted by Crippen LogP contribution is -2.20. The summed E-state index contributed by atoms with van der Waals surface area (Å²) in [7, 11) is 0. The molecule has 2 aromatic rings. The Morgan fingerprint density at radius 2 is 1.54 bits per heavy atom. The van der Waals surface area contributed by atoms with Gasteiger partial charge in [0.2, 0.25) is 0 Å². The SMILES string of the molecule is Cc1cc(Cl)ccc1C(C)(C)CCc1cccc(C(C)(C)C)c1C. The van der Waals surface area contributed by atoms with Crippen LogP contribution < -0.4 is 0 Å². The first-order chi connectivity index (χ1) is 11.0. The van der Waals surface area contributed by atoms with Crippen LogP contribution in [0.1, 0.15) is 68.9 Å². The van der Waals surface area contributed by atoms with Crippen LogP contribution in [0.2, 0.25) is 5.02 Å². The first-order valence-corrected chi connectivity index (χ1v) is 9.26. The average Bonchev–Trinajstić information content (AvgIpc) is 2.44. The molecule has 0 N–H and O–H groups in total. The Morgan fingerprint density at radius 1 is 0.875 bits per heavy atom. The van der Waals surface area contributed by atoms with E-state index in [9.17, 15) is 0 Å². The standard InChI is InChI=1S/C23H31Cl/c1-16-15-19(24)11-12-20(16)23(6,7)14-13-18-9-8-10-21(17(18)2)22(3,4)5/h8-12,15H,13-14H2,1-7H3. The predicted molar refractivity (Wildman–Crippen MR) is 107 cm³/mol. The third kappa shape index (κ3) is 4.22. The maximum atomic E-state index is 6.12. The van der Waals surface area contributed by atoms with Crippen molar-refractivity contribution in [1.29, 1.82) is 0 Å². The van der Waals surface area contributed by atoms with Crippen LogP contribution in [0.15, 0.2) is 36.4 Å². The van der Waals surface area contributed by atoms with E-state index in [1.54, 1.807) is 0 Å². The summed E-state index contributed by atoms with van der Waals surface area (Å²) in [5.41, 5.74) is 7.40. The molecule has 0 radical (unpaired) electrons. The summed E-state index contributed by atoms with van der Waals surface area (Å²) in [5, 5.41) is 0.820. The number of hydrogen-bond acceptors (Lipinski definition) is 0. The molecule has 130 valence electrons. The Labute approximate surface area is 153 Å². The van der Waals surface area contributed by atoms with Crippen molar-refractivity contribution >= 4 is 11.6 Å². The van der Waals surface area contributed by atoms with Gasteiger partial charge in [-0.15, -0.1) is 0 Å². The Balaban J connectivity index is 2.24. The second kappa shape index (κ2) is 6.92. The van der Waals surface area contributed by atoms with Crippen molar-refractivity contribution in [3.8, 4) is 0 Å². The zero-order chi connectivity index (χ0) is 18.1. The summed E-state index contributed by atoms with van der Waals surface area (Å²) in [6.45, 7) is 16.0. The lowest BCUT2D eigenvalue weighted by molar-refractivity contribution is 0.476. The molecule has 2 rings (SSSR count). The van der Waals surface area contributed by atoms with E-state index >= 15 is 0 Å². The molecule has 0 aliphatic carbocycles. The van der Waals surface area contributed by atoms with Gasteiger partial charge in [0, 0.05) is 5.02 Å². The summed E-state index contributed by atoms with van der Waals surface area (Å²) in [6, 6.07) is 13.0. The molecule has 0 nitrogen and oxygen atoms in total. The molecule has 0 aliphatic rings. The molecule has 0 unspecified atom stereocenters. The fourth-order valence-corrected chi connectivity index (χ4v) is 3.96. The van der Waals surface area contributed by atoms with Crippen LogP contribution in [0.4, 0.5) is 0 Å². The minimum atomic E-state index is 0.138. The van der Waals surface area contributed by atoms with Crippen molar-refractivity contribution in [2.45, 2.75) is 72.1 Å². The highest BCUT2D eigenvalue weighted by Crippen LogP contribution is 2.34. The molecule has 0 saturated carbocycles. The van der Waals surface area contributed by atoms with Gasteiger partial charge < -0.3 is 0 Å². The van der Waals surface area contributed by atoms with E-state index in [0.717, 1.165) is 17.9 Å². The van der Waals surface area contributed by atoms with Gasteiger partial charge in [-0.05, 0) is 77.5 Å². The molecular weight excluding hydrogens is 312 g/mol. The molecule has 0 bridgehead atoms. The maximum absolute atomic E-state index is 6.12. The average molecular weight is 343 g/mol. The normalized spacial score (nSPS) is 12.5. The van der Waals surface area contributed by atoms with Crippen molar-refractivity contribution in [3.63, 3.8) is 0 Å².